The third-order valence-corrected chi connectivity index (χ3v) is 2.31. The van der Waals surface area contributed by atoms with Crippen LogP contribution in [0.3, 0.4) is 0 Å². The fourth-order valence-corrected chi connectivity index (χ4v) is 1.39. The standard InChI is InChI=1S/C11H27N2O.C4H10.ClH/c1-6-8-9-10-12-14-11(7-2)13(3,4)5;1-4(2)3;/h11-12H,6-10H2,1-5H3;4H,1-3H3;1H/q+1;;/p-1. The molecule has 4 heteroatoms. The number of halogens is 1. The highest BCUT2D eigenvalue weighted by Gasteiger charge is 2.22. The molecular weight excluding hydrogens is 260 g/mol. The maximum absolute atomic E-state index is 5.62. The van der Waals surface area contributed by atoms with Crippen molar-refractivity contribution in [3.63, 3.8) is 0 Å². The highest BCUT2D eigenvalue weighted by molar-refractivity contribution is 4.41. The molecule has 0 amide bonds. The summed E-state index contributed by atoms with van der Waals surface area (Å²) in [5.74, 6) is 0.833. The third kappa shape index (κ3) is 20.6. The van der Waals surface area contributed by atoms with Crippen LogP contribution in [0.25, 0.3) is 0 Å². The van der Waals surface area contributed by atoms with Crippen molar-refractivity contribution >= 4 is 0 Å². The van der Waals surface area contributed by atoms with Crippen LogP contribution >= 0.6 is 0 Å². The average molecular weight is 297 g/mol. The van der Waals surface area contributed by atoms with Crippen LogP contribution in [0.15, 0.2) is 0 Å². The van der Waals surface area contributed by atoms with Crippen LogP contribution < -0.4 is 17.9 Å². The van der Waals surface area contributed by atoms with Crippen LogP contribution in [0.4, 0.5) is 0 Å². The average Bonchev–Trinajstić information content (AvgIpc) is 2.20. The highest BCUT2D eigenvalue weighted by atomic mass is 35.5. The summed E-state index contributed by atoms with van der Waals surface area (Å²) in [6, 6.07) is 0. The van der Waals surface area contributed by atoms with Gasteiger partial charge in [-0.2, -0.15) is 5.48 Å². The molecule has 0 aromatic rings. The van der Waals surface area contributed by atoms with Crippen LogP contribution in [-0.2, 0) is 4.84 Å². The molecule has 3 nitrogen and oxygen atoms in total. The van der Waals surface area contributed by atoms with E-state index < -0.39 is 0 Å². The maximum Gasteiger partial charge on any atom is 0.210 e. The molecule has 19 heavy (non-hydrogen) atoms. The Hall–Kier alpha value is 0.170. The monoisotopic (exact) mass is 296 g/mol. The summed E-state index contributed by atoms with van der Waals surface area (Å²) in [6.07, 6.45) is 5.01. The van der Waals surface area contributed by atoms with Crippen molar-refractivity contribution in [3.05, 3.63) is 0 Å². The molecule has 1 N–H and O–H groups in total. The first-order valence-electron chi connectivity index (χ1n) is 7.45. The number of hydrogen-bond donors (Lipinski definition) is 1. The van der Waals surface area contributed by atoms with E-state index in [2.05, 4.69) is 61.2 Å². The van der Waals surface area contributed by atoms with Crippen LogP contribution in [-0.4, -0.2) is 38.4 Å². The number of hydroxylamine groups is 1. The number of nitrogens with zero attached hydrogens (tertiary/aromatic N) is 1. The van der Waals surface area contributed by atoms with Gasteiger partial charge in [-0.25, -0.2) is 4.84 Å². The van der Waals surface area contributed by atoms with Gasteiger partial charge in [-0.05, 0) is 12.3 Å². The lowest BCUT2D eigenvalue weighted by Gasteiger charge is -2.32. The summed E-state index contributed by atoms with van der Waals surface area (Å²) in [7, 11) is 6.46. The molecule has 120 valence electrons. The summed E-state index contributed by atoms with van der Waals surface area (Å²) in [6.45, 7) is 11.8. The molecule has 0 aromatic heterocycles. The summed E-state index contributed by atoms with van der Waals surface area (Å²) in [4.78, 5) is 5.62. The largest absolute Gasteiger partial charge is 1.00 e. The van der Waals surface area contributed by atoms with Gasteiger partial charge in [0.25, 0.3) is 0 Å². The Morgan fingerprint density at radius 1 is 1.00 bits per heavy atom. The van der Waals surface area contributed by atoms with Gasteiger partial charge in [0.15, 0.2) is 0 Å². The molecule has 0 aliphatic carbocycles. The van der Waals surface area contributed by atoms with Crippen molar-refractivity contribution in [2.24, 2.45) is 5.92 Å². The van der Waals surface area contributed by atoms with E-state index in [0.717, 1.165) is 23.4 Å². The Balaban J connectivity index is -0.000000448. The quantitative estimate of drug-likeness (QED) is 0.310. The van der Waals surface area contributed by atoms with E-state index in [1.54, 1.807) is 0 Å². The van der Waals surface area contributed by atoms with Crippen molar-refractivity contribution in [2.45, 2.75) is 66.5 Å². The molecule has 0 fully saturated rings. The number of unbranched alkanes of at least 4 members (excludes halogenated alkanes) is 2. The van der Waals surface area contributed by atoms with Gasteiger partial charge in [0, 0.05) is 13.0 Å². The van der Waals surface area contributed by atoms with Gasteiger partial charge in [-0.15, -0.1) is 0 Å². The zero-order valence-corrected chi connectivity index (χ0v) is 15.2. The first-order chi connectivity index (χ1) is 8.25. The van der Waals surface area contributed by atoms with E-state index in [4.69, 9.17) is 4.84 Å². The van der Waals surface area contributed by atoms with Crippen molar-refractivity contribution in [3.8, 4) is 0 Å². The van der Waals surface area contributed by atoms with Gasteiger partial charge < -0.3 is 16.9 Å². The maximum atomic E-state index is 5.62. The number of hydrogen-bond acceptors (Lipinski definition) is 2. The molecule has 0 heterocycles. The molecule has 0 aromatic carbocycles. The number of quaternary nitrogens is 1. The fourth-order valence-electron chi connectivity index (χ4n) is 1.39. The lowest BCUT2D eigenvalue weighted by atomic mass is 10.3. The van der Waals surface area contributed by atoms with Gasteiger partial charge in [-0.1, -0.05) is 47.5 Å². The Kier molecular flexibility index (Phi) is 18.6. The van der Waals surface area contributed by atoms with Crippen LogP contribution in [0, 0.1) is 5.92 Å². The minimum Gasteiger partial charge on any atom is -1.00 e. The van der Waals surface area contributed by atoms with Gasteiger partial charge >= 0.3 is 0 Å². The second kappa shape index (κ2) is 14.6. The van der Waals surface area contributed by atoms with Crippen molar-refractivity contribution in [1.29, 1.82) is 0 Å². The van der Waals surface area contributed by atoms with Crippen LogP contribution in [0.2, 0.25) is 0 Å². The molecule has 0 bridgehead atoms. The van der Waals surface area contributed by atoms with Gasteiger partial charge in [-0.3, -0.25) is 0 Å². The Morgan fingerprint density at radius 2 is 1.47 bits per heavy atom. The fraction of sp³-hybridized carbons (Fsp3) is 1.00. The molecule has 0 saturated carbocycles. The van der Waals surface area contributed by atoms with Gasteiger partial charge in [0.2, 0.25) is 6.23 Å². The normalized spacial score (nSPS) is 12.5. The molecule has 1 unspecified atom stereocenters. The molecule has 0 aliphatic heterocycles. The zero-order valence-electron chi connectivity index (χ0n) is 14.4. The smallest absolute Gasteiger partial charge is 0.210 e. The van der Waals surface area contributed by atoms with E-state index >= 15 is 0 Å². The lowest BCUT2D eigenvalue weighted by molar-refractivity contribution is -0.922. The first kappa shape index (κ1) is 24.2. The lowest BCUT2D eigenvalue weighted by Crippen LogP contribution is -3.00. The minimum atomic E-state index is 0. The Bertz CT molecular complexity index is 167. The predicted molar refractivity (Wildman–Crippen MR) is 81.2 cm³/mol. The molecule has 0 radical (unpaired) electrons. The number of rotatable bonds is 8. The van der Waals surface area contributed by atoms with E-state index in [0.29, 0.717) is 0 Å². The van der Waals surface area contributed by atoms with Gasteiger partial charge in [0.1, 0.15) is 0 Å². The first-order valence-corrected chi connectivity index (χ1v) is 7.45. The summed E-state index contributed by atoms with van der Waals surface area (Å²) in [5.41, 5.74) is 3.06. The molecule has 0 rings (SSSR count). The van der Waals surface area contributed by atoms with E-state index in [1.807, 2.05) is 0 Å². The van der Waals surface area contributed by atoms with Crippen LogP contribution in [0.5, 0.6) is 0 Å². The SMILES string of the molecule is CC(C)C.CCCCCNOC(CC)[N+](C)(C)C.[Cl-]. The second-order valence-corrected chi connectivity index (χ2v) is 6.43. The zero-order chi connectivity index (χ0) is 14.6. The van der Waals surface area contributed by atoms with E-state index in [-0.39, 0.29) is 18.6 Å². The van der Waals surface area contributed by atoms with E-state index in [9.17, 15) is 0 Å². The summed E-state index contributed by atoms with van der Waals surface area (Å²) < 4.78 is 0.845. The predicted octanol–water partition coefficient (Wildman–Crippen LogP) is 0.806. The molecular formula is C15H37ClN2O. The van der Waals surface area contributed by atoms with Crippen LogP contribution in [0.1, 0.15) is 60.3 Å². The van der Waals surface area contributed by atoms with Crippen molar-refractivity contribution < 1.29 is 21.7 Å². The molecule has 0 saturated heterocycles. The minimum absolute atomic E-state index is 0. The molecule has 0 spiro atoms. The summed E-state index contributed by atoms with van der Waals surface area (Å²) in [5, 5.41) is 0. The summed E-state index contributed by atoms with van der Waals surface area (Å²) >= 11 is 0. The Morgan fingerprint density at radius 3 is 1.79 bits per heavy atom. The van der Waals surface area contributed by atoms with Gasteiger partial charge in [0.05, 0.1) is 21.1 Å². The number of nitrogens with one attached hydrogen (secondary N) is 1. The highest BCUT2D eigenvalue weighted by Crippen LogP contribution is 2.07. The Labute approximate surface area is 128 Å². The second-order valence-electron chi connectivity index (χ2n) is 6.43. The molecule has 1 atom stereocenters. The van der Waals surface area contributed by atoms with Crippen molar-refractivity contribution in [2.75, 3.05) is 27.7 Å². The third-order valence-electron chi connectivity index (χ3n) is 2.31. The molecule has 0 aliphatic rings. The topological polar surface area (TPSA) is 21.3 Å². The van der Waals surface area contributed by atoms with E-state index in [1.165, 1.54) is 19.3 Å². The van der Waals surface area contributed by atoms with Crippen molar-refractivity contribution in [1.82, 2.24) is 5.48 Å².